The molecule has 26 heavy (non-hydrogen) atoms. The van der Waals surface area contributed by atoms with Crippen molar-refractivity contribution in [3.8, 4) is 0 Å². The second-order valence-corrected chi connectivity index (χ2v) is 9.11. The molecule has 3 N–H and O–H groups in total. The zero-order chi connectivity index (χ0) is 18.9. The number of nitrogens with one attached hydrogen (secondary N) is 2. The normalized spacial score (nSPS) is 22.8. The van der Waals surface area contributed by atoms with Crippen LogP contribution in [0.25, 0.3) is 0 Å². The number of carboxylic acid groups (broad SMARTS) is 1. The molecule has 2 amide bonds. The van der Waals surface area contributed by atoms with Gasteiger partial charge in [-0.05, 0) is 31.6 Å². The molecule has 0 unspecified atom stereocenters. The van der Waals surface area contributed by atoms with E-state index in [0.29, 0.717) is 16.9 Å². The number of amides is 2. The summed E-state index contributed by atoms with van der Waals surface area (Å²) >= 11 is 1.18. The molecule has 0 bridgehead atoms. The number of rotatable bonds is 7. The van der Waals surface area contributed by atoms with Crippen molar-refractivity contribution < 1.29 is 14.7 Å². The third kappa shape index (κ3) is 5.14. The van der Waals surface area contributed by atoms with Gasteiger partial charge in [0, 0.05) is 35.6 Å². The maximum absolute atomic E-state index is 12.1. The summed E-state index contributed by atoms with van der Waals surface area (Å²) in [6.45, 7) is 7.02. The van der Waals surface area contributed by atoms with E-state index in [9.17, 15) is 9.59 Å². The molecule has 1 aromatic heterocycles. The lowest BCUT2D eigenvalue weighted by molar-refractivity contribution is -0.139. The topological polar surface area (TPSA) is 107 Å². The van der Waals surface area contributed by atoms with Gasteiger partial charge in [-0.15, -0.1) is 0 Å². The van der Waals surface area contributed by atoms with Crippen LogP contribution in [0.3, 0.4) is 0 Å². The van der Waals surface area contributed by atoms with Gasteiger partial charge >= 0.3 is 12.0 Å². The largest absolute Gasteiger partial charge is 0.480 e. The maximum atomic E-state index is 12.1. The molecule has 0 radical (unpaired) electrons. The summed E-state index contributed by atoms with van der Waals surface area (Å²) in [4.78, 5) is 29.6. The monoisotopic (exact) mass is 381 g/mol. The first-order valence-electron chi connectivity index (χ1n) is 9.08. The lowest BCUT2D eigenvalue weighted by Gasteiger charge is -2.42. The average Bonchev–Trinajstić information content (AvgIpc) is 3.15. The van der Waals surface area contributed by atoms with Gasteiger partial charge in [-0.2, -0.15) is 4.37 Å². The van der Waals surface area contributed by atoms with Crippen molar-refractivity contribution in [1.82, 2.24) is 19.6 Å². The van der Waals surface area contributed by atoms with Gasteiger partial charge in [-0.3, -0.25) is 15.0 Å². The number of aliphatic carboxylic acids is 1. The minimum absolute atomic E-state index is 0.0745. The number of carboxylic acids is 1. The highest BCUT2D eigenvalue weighted by molar-refractivity contribution is 7.09. The molecule has 0 aromatic carbocycles. The van der Waals surface area contributed by atoms with E-state index in [2.05, 4.69) is 24.9 Å². The zero-order valence-corrected chi connectivity index (χ0v) is 16.3. The molecular weight excluding hydrogens is 354 g/mol. The Balaban J connectivity index is 1.43. The molecule has 0 aliphatic heterocycles. The van der Waals surface area contributed by atoms with E-state index in [4.69, 9.17) is 5.11 Å². The SMILES string of the molecule is CC(C)(C)c1nsc(NC(=O)NC2CC(N(CC(=O)O)CC3CC3)C2)n1. The van der Waals surface area contributed by atoms with Gasteiger partial charge in [0.1, 0.15) is 5.82 Å². The van der Waals surface area contributed by atoms with Crippen molar-refractivity contribution >= 4 is 28.7 Å². The van der Waals surface area contributed by atoms with Crippen LogP contribution in [-0.4, -0.2) is 56.5 Å². The van der Waals surface area contributed by atoms with Crippen LogP contribution in [0.5, 0.6) is 0 Å². The molecule has 2 fully saturated rings. The van der Waals surface area contributed by atoms with E-state index >= 15 is 0 Å². The standard InChI is InChI=1S/C17H27N5O3S/c1-17(2,3)14-19-16(26-21-14)20-15(25)18-11-6-12(7-11)22(9-13(23)24)8-10-4-5-10/h10-12H,4-9H2,1-3H3,(H,23,24)(H2,18,19,20,21,25). The molecule has 0 atom stereocenters. The van der Waals surface area contributed by atoms with Gasteiger partial charge in [0.15, 0.2) is 0 Å². The van der Waals surface area contributed by atoms with Crippen LogP contribution >= 0.6 is 11.5 Å². The number of carbonyl (C=O) groups excluding carboxylic acids is 1. The summed E-state index contributed by atoms with van der Waals surface area (Å²) in [5.74, 6) is 0.579. The number of hydrogen-bond acceptors (Lipinski definition) is 6. The summed E-state index contributed by atoms with van der Waals surface area (Å²) in [5.41, 5.74) is -0.150. The molecule has 144 valence electrons. The number of aromatic nitrogens is 2. The predicted octanol–water partition coefficient (Wildman–Crippen LogP) is 2.28. The lowest BCUT2D eigenvalue weighted by atomic mass is 9.85. The average molecular weight is 382 g/mol. The molecule has 2 saturated carbocycles. The van der Waals surface area contributed by atoms with E-state index in [-0.39, 0.29) is 30.1 Å². The van der Waals surface area contributed by atoms with Gasteiger partial charge < -0.3 is 10.4 Å². The van der Waals surface area contributed by atoms with E-state index in [1.54, 1.807) is 0 Å². The minimum Gasteiger partial charge on any atom is -0.480 e. The van der Waals surface area contributed by atoms with Crippen molar-refractivity contribution in [3.05, 3.63) is 5.82 Å². The van der Waals surface area contributed by atoms with E-state index in [1.807, 2.05) is 20.8 Å². The highest BCUT2D eigenvalue weighted by Gasteiger charge is 2.37. The minimum atomic E-state index is -0.786. The van der Waals surface area contributed by atoms with Gasteiger partial charge in [0.05, 0.1) is 6.54 Å². The Labute approximate surface area is 157 Å². The Morgan fingerprint density at radius 3 is 2.54 bits per heavy atom. The summed E-state index contributed by atoms with van der Waals surface area (Å²) < 4.78 is 4.28. The summed E-state index contributed by atoms with van der Waals surface area (Å²) in [5, 5.41) is 15.3. The maximum Gasteiger partial charge on any atom is 0.321 e. The molecule has 1 aromatic rings. The first-order chi connectivity index (χ1) is 12.2. The Morgan fingerprint density at radius 1 is 1.31 bits per heavy atom. The molecule has 0 saturated heterocycles. The Kier molecular flexibility index (Phi) is 5.47. The zero-order valence-electron chi connectivity index (χ0n) is 15.5. The van der Waals surface area contributed by atoms with Crippen LogP contribution in [0, 0.1) is 5.92 Å². The summed E-state index contributed by atoms with van der Waals surface area (Å²) in [6.07, 6.45) is 3.98. The van der Waals surface area contributed by atoms with Gasteiger partial charge in [-0.25, -0.2) is 9.78 Å². The van der Waals surface area contributed by atoms with Crippen LogP contribution < -0.4 is 10.6 Å². The third-order valence-electron chi connectivity index (χ3n) is 4.81. The number of carbonyl (C=O) groups is 2. The van der Waals surface area contributed by atoms with Crippen molar-refractivity contribution in [2.45, 2.75) is 64.0 Å². The third-order valence-corrected chi connectivity index (χ3v) is 5.44. The lowest BCUT2D eigenvalue weighted by Crippen LogP contribution is -2.55. The molecule has 3 rings (SSSR count). The van der Waals surface area contributed by atoms with Crippen LogP contribution in [0.4, 0.5) is 9.93 Å². The van der Waals surface area contributed by atoms with Crippen LogP contribution in [0.2, 0.25) is 0 Å². The van der Waals surface area contributed by atoms with E-state index in [0.717, 1.165) is 19.4 Å². The Bertz CT molecular complexity index is 662. The highest BCUT2D eigenvalue weighted by atomic mass is 32.1. The van der Waals surface area contributed by atoms with Crippen LogP contribution in [0.15, 0.2) is 0 Å². The molecular formula is C17H27N5O3S. The smallest absolute Gasteiger partial charge is 0.321 e. The Morgan fingerprint density at radius 2 is 2.00 bits per heavy atom. The van der Waals surface area contributed by atoms with Gasteiger partial charge in [0.2, 0.25) is 5.13 Å². The van der Waals surface area contributed by atoms with Crippen molar-refractivity contribution in [2.75, 3.05) is 18.4 Å². The second kappa shape index (κ2) is 7.48. The van der Waals surface area contributed by atoms with Crippen LogP contribution in [-0.2, 0) is 10.2 Å². The fourth-order valence-electron chi connectivity index (χ4n) is 3.05. The Hall–Kier alpha value is -1.74. The summed E-state index contributed by atoms with van der Waals surface area (Å²) in [7, 11) is 0. The number of nitrogens with zero attached hydrogens (tertiary/aromatic N) is 3. The van der Waals surface area contributed by atoms with E-state index < -0.39 is 5.97 Å². The second-order valence-electron chi connectivity index (χ2n) is 8.36. The quantitative estimate of drug-likeness (QED) is 0.669. The first-order valence-corrected chi connectivity index (χ1v) is 9.85. The number of anilines is 1. The van der Waals surface area contributed by atoms with Crippen molar-refractivity contribution in [1.29, 1.82) is 0 Å². The highest BCUT2D eigenvalue weighted by Crippen LogP contribution is 2.33. The fraction of sp³-hybridized carbons (Fsp3) is 0.765. The van der Waals surface area contributed by atoms with Gasteiger partial charge in [0.25, 0.3) is 0 Å². The molecule has 9 heteroatoms. The number of hydrogen-bond donors (Lipinski definition) is 3. The molecule has 8 nitrogen and oxygen atoms in total. The first kappa shape index (κ1) is 19.0. The van der Waals surface area contributed by atoms with Gasteiger partial charge in [-0.1, -0.05) is 20.8 Å². The summed E-state index contributed by atoms with van der Waals surface area (Å²) in [6, 6.07) is 0.0357. The van der Waals surface area contributed by atoms with Crippen molar-refractivity contribution in [2.24, 2.45) is 5.92 Å². The van der Waals surface area contributed by atoms with Crippen LogP contribution in [0.1, 0.15) is 52.3 Å². The number of urea groups is 1. The predicted molar refractivity (Wildman–Crippen MR) is 99.5 cm³/mol. The fourth-order valence-corrected chi connectivity index (χ4v) is 3.80. The molecule has 2 aliphatic rings. The van der Waals surface area contributed by atoms with Crippen molar-refractivity contribution in [3.63, 3.8) is 0 Å². The molecule has 2 aliphatic carbocycles. The van der Waals surface area contributed by atoms with E-state index in [1.165, 1.54) is 24.4 Å². The molecule has 0 spiro atoms. The molecule has 1 heterocycles.